The number of aromatic amines is 1. The van der Waals surface area contributed by atoms with E-state index >= 15 is 0 Å². The second kappa shape index (κ2) is 5.62. The van der Waals surface area contributed by atoms with Crippen LogP contribution in [0.3, 0.4) is 0 Å². The highest BCUT2D eigenvalue weighted by Gasteiger charge is 2.15. The minimum atomic E-state index is 0.399. The molecule has 0 saturated heterocycles. The lowest BCUT2D eigenvalue weighted by atomic mass is 10.1. The first kappa shape index (κ1) is 13.6. The van der Waals surface area contributed by atoms with E-state index in [4.69, 9.17) is 12.2 Å². The number of fused-ring (bicyclic) bond motifs is 1. The number of H-pyrrole nitrogens is 1. The van der Waals surface area contributed by atoms with E-state index in [1.54, 1.807) is 12.4 Å². The summed E-state index contributed by atoms with van der Waals surface area (Å²) in [6, 6.07) is 11.3. The third kappa shape index (κ3) is 2.47. The first-order valence-corrected chi connectivity index (χ1v) is 7.32. The van der Waals surface area contributed by atoms with Gasteiger partial charge in [0.15, 0.2) is 10.3 Å². The minimum absolute atomic E-state index is 0.399. The van der Waals surface area contributed by atoms with Gasteiger partial charge in [-0.15, -0.1) is 0 Å². The Morgan fingerprint density at radius 1 is 0.783 bits per heavy atom. The minimum Gasteiger partial charge on any atom is -0.329 e. The number of rotatable bonds is 2. The average Bonchev–Trinajstić information content (AvgIpc) is 2.63. The molecule has 0 aliphatic rings. The second-order valence-corrected chi connectivity index (χ2v) is 5.14. The highest BCUT2D eigenvalue weighted by molar-refractivity contribution is 7.71. The average molecular weight is 318 g/mol. The summed E-state index contributed by atoms with van der Waals surface area (Å²) in [6.07, 6.45) is 4.95. The van der Waals surface area contributed by atoms with E-state index in [2.05, 4.69) is 29.9 Å². The van der Waals surface area contributed by atoms with Crippen molar-refractivity contribution in [3.05, 3.63) is 59.8 Å². The first-order valence-electron chi connectivity index (χ1n) is 6.91. The Hall–Kier alpha value is -3.06. The molecule has 23 heavy (non-hydrogen) atoms. The molecule has 0 fully saturated rings. The number of pyridine rings is 2. The smallest absolute Gasteiger partial charge is 0.161 e. The van der Waals surface area contributed by atoms with E-state index in [1.807, 2.05) is 36.4 Å². The Kier molecular flexibility index (Phi) is 3.32. The summed E-state index contributed by atoms with van der Waals surface area (Å²) >= 11 is 5.25. The monoisotopic (exact) mass is 318 g/mol. The van der Waals surface area contributed by atoms with Gasteiger partial charge in [0, 0.05) is 12.4 Å². The maximum absolute atomic E-state index is 5.25. The lowest BCUT2D eigenvalue weighted by Crippen LogP contribution is -2.00. The molecule has 0 atom stereocenters. The van der Waals surface area contributed by atoms with Gasteiger partial charge in [0.1, 0.15) is 16.9 Å². The van der Waals surface area contributed by atoms with Crippen LogP contribution in [-0.4, -0.2) is 29.9 Å². The highest BCUT2D eigenvalue weighted by atomic mass is 32.1. The number of aromatic nitrogens is 6. The van der Waals surface area contributed by atoms with Crippen LogP contribution in [0, 0.1) is 4.64 Å². The maximum atomic E-state index is 5.25. The normalized spacial score (nSPS) is 10.8. The summed E-state index contributed by atoms with van der Waals surface area (Å²) in [7, 11) is 0. The SMILES string of the molecule is S=c1nc[nH]c2nc(-c3ccccn3)c(-c3ccccn3)nc12. The van der Waals surface area contributed by atoms with Crippen molar-refractivity contribution in [2.75, 3.05) is 0 Å². The maximum Gasteiger partial charge on any atom is 0.161 e. The quantitative estimate of drug-likeness (QED) is 0.572. The van der Waals surface area contributed by atoms with Gasteiger partial charge in [-0.3, -0.25) is 9.97 Å². The van der Waals surface area contributed by atoms with Gasteiger partial charge in [0.05, 0.1) is 17.7 Å². The van der Waals surface area contributed by atoms with E-state index in [-0.39, 0.29) is 0 Å². The topological polar surface area (TPSA) is 80.2 Å². The van der Waals surface area contributed by atoms with Crippen molar-refractivity contribution in [2.45, 2.75) is 0 Å². The van der Waals surface area contributed by atoms with Crippen LogP contribution < -0.4 is 0 Å². The van der Waals surface area contributed by atoms with E-state index in [0.29, 0.717) is 32.9 Å². The molecule has 0 aliphatic carbocycles. The number of nitrogens with one attached hydrogen (secondary N) is 1. The Balaban J connectivity index is 2.09. The molecule has 4 rings (SSSR count). The molecule has 0 unspecified atom stereocenters. The van der Waals surface area contributed by atoms with Crippen molar-refractivity contribution in [3.8, 4) is 22.8 Å². The number of hydrogen-bond donors (Lipinski definition) is 1. The van der Waals surface area contributed by atoms with Gasteiger partial charge in [0.2, 0.25) is 0 Å². The fraction of sp³-hybridized carbons (Fsp3) is 0. The molecule has 0 amide bonds. The fourth-order valence-corrected chi connectivity index (χ4v) is 2.46. The molecular weight excluding hydrogens is 308 g/mol. The van der Waals surface area contributed by atoms with Crippen LogP contribution in [0.5, 0.6) is 0 Å². The second-order valence-electron chi connectivity index (χ2n) is 4.76. The van der Waals surface area contributed by atoms with Gasteiger partial charge >= 0.3 is 0 Å². The zero-order valence-corrected chi connectivity index (χ0v) is 12.7. The zero-order chi connectivity index (χ0) is 15.6. The lowest BCUT2D eigenvalue weighted by molar-refractivity contribution is 1.12. The lowest BCUT2D eigenvalue weighted by Gasteiger charge is -2.08. The van der Waals surface area contributed by atoms with Crippen LogP contribution in [0.4, 0.5) is 0 Å². The molecule has 7 heteroatoms. The van der Waals surface area contributed by atoms with E-state index in [9.17, 15) is 0 Å². The number of nitrogens with zero attached hydrogens (tertiary/aromatic N) is 5. The molecule has 110 valence electrons. The van der Waals surface area contributed by atoms with Crippen molar-refractivity contribution >= 4 is 23.4 Å². The van der Waals surface area contributed by atoms with E-state index in [0.717, 1.165) is 5.69 Å². The third-order valence-corrected chi connectivity index (χ3v) is 3.60. The summed E-state index contributed by atoms with van der Waals surface area (Å²) in [5.41, 5.74) is 3.82. The summed E-state index contributed by atoms with van der Waals surface area (Å²) in [4.78, 5) is 25.1. The molecule has 0 aliphatic heterocycles. The van der Waals surface area contributed by atoms with Gasteiger partial charge in [0.25, 0.3) is 0 Å². The molecule has 4 aromatic rings. The van der Waals surface area contributed by atoms with Gasteiger partial charge in [-0.25, -0.2) is 15.0 Å². The van der Waals surface area contributed by atoms with Crippen LogP contribution in [0.15, 0.2) is 55.1 Å². The van der Waals surface area contributed by atoms with Gasteiger partial charge in [-0.1, -0.05) is 24.4 Å². The first-order chi connectivity index (χ1) is 11.3. The van der Waals surface area contributed by atoms with Crippen LogP contribution in [-0.2, 0) is 0 Å². The summed E-state index contributed by atoms with van der Waals surface area (Å²) in [6.45, 7) is 0. The zero-order valence-electron chi connectivity index (χ0n) is 11.8. The van der Waals surface area contributed by atoms with Crippen molar-refractivity contribution in [2.24, 2.45) is 0 Å². The van der Waals surface area contributed by atoms with E-state index < -0.39 is 0 Å². The molecule has 1 N–H and O–H groups in total. The van der Waals surface area contributed by atoms with Crippen molar-refractivity contribution in [1.29, 1.82) is 0 Å². The molecule has 0 saturated carbocycles. The Labute approximate surface area is 136 Å². The van der Waals surface area contributed by atoms with Gasteiger partial charge in [-0.2, -0.15) is 0 Å². The Morgan fingerprint density at radius 2 is 1.43 bits per heavy atom. The van der Waals surface area contributed by atoms with Crippen LogP contribution in [0.1, 0.15) is 0 Å². The standard InChI is InChI=1S/C16H10N6S/c23-16-14-15(19-9-20-16)22-13(11-6-2-4-8-18-11)12(21-14)10-5-1-3-7-17-10/h1-9H,(H,19,20,22,23). The highest BCUT2D eigenvalue weighted by Crippen LogP contribution is 2.27. The van der Waals surface area contributed by atoms with E-state index in [1.165, 1.54) is 6.33 Å². The summed E-state index contributed by atoms with van der Waals surface area (Å²) in [5, 5.41) is 0. The van der Waals surface area contributed by atoms with Crippen LogP contribution in [0.2, 0.25) is 0 Å². The summed E-state index contributed by atoms with van der Waals surface area (Å²) in [5.74, 6) is 0. The molecule has 6 nitrogen and oxygen atoms in total. The molecule has 0 radical (unpaired) electrons. The predicted octanol–water partition coefficient (Wildman–Crippen LogP) is 3.21. The Bertz CT molecular complexity index is 1030. The van der Waals surface area contributed by atoms with Gasteiger partial charge < -0.3 is 4.98 Å². The van der Waals surface area contributed by atoms with Crippen molar-refractivity contribution < 1.29 is 0 Å². The number of hydrogen-bond acceptors (Lipinski definition) is 6. The summed E-state index contributed by atoms with van der Waals surface area (Å²) < 4.78 is 0.399. The molecule has 4 heterocycles. The molecule has 0 spiro atoms. The Morgan fingerprint density at radius 3 is 2.04 bits per heavy atom. The third-order valence-electron chi connectivity index (χ3n) is 3.30. The molecule has 0 bridgehead atoms. The van der Waals surface area contributed by atoms with Crippen molar-refractivity contribution in [3.63, 3.8) is 0 Å². The molecular formula is C16H10N6S. The fourth-order valence-electron chi connectivity index (χ4n) is 2.26. The largest absolute Gasteiger partial charge is 0.329 e. The van der Waals surface area contributed by atoms with Crippen LogP contribution >= 0.6 is 12.2 Å². The van der Waals surface area contributed by atoms with Crippen molar-refractivity contribution in [1.82, 2.24) is 29.9 Å². The predicted molar refractivity (Wildman–Crippen MR) is 89.0 cm³/mol. The van der Waals surface area contributed by atoms with Gasteiger partial charge in [-0.05, 0) is 24.3 Å². The molecule has 0 aromatic carbocycles. The van der Waals surface area contributed by atoms with Crippen LogP contribution in [0.25, 0.3) is 33.9 Å². The molecule has 4 aromatic heterocycles.